The van der Waals surface area contributed by atoms with E-state index in [-0.39, 0.29) is 0 Å². The standard InChI is InChI=1S/C15H22N2OS/c1-5-6-16-15(8-13-9-19-12(4)17-13)14-7-10(2)18-11(14)3/h7,9,15-16H,5-6,8H2,1-4H3. The van der Waals surface area contributed by atoms with Crippen molar-refractivity contribution < 1.29 is 4.42 Å². The largest absolute Gasteiger partial charge is 0.466 e. The van der Waals surface area contributed by atoms with Crippen molar-refractivity contribution in [2.75, 3.05) is 6.54 Å². The van der Waals surface area contributed by atoms with Crippen LogP contribution in [0.15, 0.2) is 15.9 Å². The lowest BCUT2D eigenvalue weighted by molar-refractivity contribution is 0.479. The van der Waals surface area contributed by atoms with Crippen molar-refractivity contribution in [3.05, 3.63) is 39.2 Å². The Labute approximate surface area is 119 Å². The summed E-state index contributed by atoms with van der Waals surface area (Å²) in [6.45, 7) is 9.29. The molecule has 104 valence electrons. The van der Waals surface area contributed by atoms with Crippen LogP contribution in [-0.4, -0.2) is 11.5 Å². The summed E-state index contributed by atoms with van der Waals surface area (Å²) in [5.41, 5.74) is 2.42. The molecule has 2 rings (SSSR count). The molecule has 0 aliphatic heterocycles. The van der Waals surface area contributed by atoms with Crippen LogP contribution in [-0.2, 0) is 6.42 Å². The van der Waals surface area contributed by atoms with Crippen LogP contribution in [0.1, 0.15) is 47.2 Å². The second-order valence-corrected chi connectivity index (χ2v) is 6.00. The maximum absolute atomic E-state index is 5.66. The fourth-order valence-corrected chi connectivity index (χ4v) is 2.94. The van der Waals surface area contributed by atoms with Gasteiger partial charge in [0.15, 0.2) is 0 Å². The van der Waals surface area contributed by atoms with E-state index in [1.165, 1.54) is 5.56 Å². The summed E-state index contributed by atoms with van der Waals surface area (Å²) in [4.78, 5) is 4.57. The second kappa shape index (κ2) is 6.35. The van der Waals surface area contributed by atoms with E-state index >= 15 is 0 Å². The van der Waals surface area contributed by atoms with Gasteiger partial charge in [-0.05, 0) is 39.8 Å². The number of aromatic nitrogens is 1. The molecule has 0 aliphatic carbocycles. The number of hydrogen-bond donors (Lipinski definition) is 1. The first-order valence-corrected chi connectivity index (χ1v) is 7.69. The molecule has 0 aromatic carbocycles. The van der Waals surface area contributed by atoms with Crippen LogP contribution in [0.25, 0.3) is 0 Å². The molecule has 3 nitrogen and oxygen atoms in total. The SMILES string of the molecule is CCCNC(Cc1csc(C)n1)c1cc(C)oc1C. The molecule has 0 radical (unpaired) electrons. The quantitative estimate of drug-likeness (QED) is 0.869. The Hall–Kier alpha value is -1.13. The molecule has 1 unspecified atom stereocenters. The van der Waals surface area contributed by atoms with E-state index in [4.69, 9.17) is 4.42 Å². The van der Waals surface area contributed by atoms with Gasteiger partial charge in [-0.1, -0.05) is 6.92 Å². The Morgan fingerprint density at radius 1 is 1.37 bits per heavy atom. The predicted molar refractivity (Wildman–Crippen MR) is 79.8 cm³/mol. The Bertz CT molecular complexity index is 530. The molecular weight excluding hydrogens is 256 g/mol. The smallest absolute Gasteiger partial charge is 0.105 e. The normalized spacial score (nSPS) is 12.8. The van der Waals surface area contributed by atoms with Crippen molar-refractivity contribution >= 4 is 11.3 Å². The predicted octanol–water partition coefficient (Wildman–Crippen LogP) is 3.94. The van der Waals surface area contributed by atoms with E-state index in [1.807, 2.05) is 13.8 Å². The molecule has 0 fully saturated rings. The fourth-order valence-electron chi connectivity index (χ4n) is 2.32. The second-order valence-electron chi connectivity index (χ2n) is 4.94. The van der Waals surface area contributed by atoms with Gasteiger partial charge in [-0.15, -0.1) is 11.3 Å². The highest BCUT2D eigenvalue weighted by molar-refractivity contribution is 7.09. The van der Waals surface area contributed by atoms with E-state index in [0.29, 0.717) is 6.04 Å². The lowest BCUT2D eigenvalue weighted by Crippen LogP contribution is -2.24. The highest BCUT2D eigenvalue weighted by Gasteiger charge is 2.18. The average molecular weight is 278 g/mol. The topological polar surface area (TPSA) is 38.1 Å². The zero-order valence-electron chi connectivity index (χ0n) is 12.1. The molecule has 2 aromatic heterocycles. The van der Waals surface area contributed by atoms with Gasteiger partial charge in [0.1, 0.15) is 11.5 Å². The number of nitrogens with zero attached hydrogens (tertiary/aromatic N) is 1. The first-order valence-electron chi connectivity index (χ1n) is 6.81. The summed E-state index contributed by atoms with van der Waals surface area (Å²) in [5.74, 6) is 1.99. The van der Waals surface area contributed by atoms with Crippen LogP contribution in [0.5, 0.6) is 0 Å². The number of hydrogen-bond acceptors (Lipinski definition) is 4. The fraction of sp³-hybridized carbons (Fsp3) is 0.533. The van der Waals surface area contributed by atoms with Crippen LogP contribution in [0.4, 0.5) is 0 Å². The zero-order chi connectivity index (χ0) is 13.8. The van der Waals surface area contributed by atoms with Crippen LogP contribution in [0.2, 0.25) is 0 Å². The van der Waals surface area contributed by atoms with Gasteiger partial charge in [-0.3, -0.25) is 0 Å². The van der Waals surface area contributed by atoms with Gasteiger partial charge in [-0.25, -0.2) is 4.98 Å². The third kappa shape index (κ3) is 3.67. The van der Waals surface area contributed by atoms with Gasteiger partial charge in [0.25, 0.3) is 0 Å². The molecule has 19 heavy (non-hydrogen) atoms. The zero-order valence-corrected chi connectivity index (χ0v) is 12.9. The molecule has 1 N–H and O–H groups in total. The van der Waals surface area contributed by atoms with E-state index < -0.39 is 0 Å². The van der Waals surface area contributed by atoms with Gasteiger partial charge < -0.3 is 9.73 Å². The van der Waals surface area contributed by atoms with Crippen molar-refractivity contribution in [3.63, 3.8) is 0 Å². The molecule has 0 amide bonds. The number of rotatable bonds is 6. The minimum Gasteiger partial charge on any atom is -0.466 e. The Morgan fingerprint density at radius 2 is 2.16 bits per heavy atom. The maximum atomic E-state index is 5.66. The summed E-state index contributed by atoms with van der Waals surface area (Å²) in [5, 5.41) is 6.88. The minimum absolute atomic E-state index is 0.291. The van der Waals surface area contributed by atoms with E-state index in [1.54, 1.807) is 11.3 Å². The summed E-state index contributed by atoms with van der Waals surface area (Å²) in [6, 6.07) is 2.43. The molecule has 0 bridgehead atoms. The van der Waals surface area contributed by atoms with Crippen LogP contribution in [0, 0.1) is 20.8 Å². The molecule has 2 heterocycles. The van der Waals surface area contributed by atoms with E-state index in [2.05, 4.69) is 35.6 Å². The number of thiazole rings is 1. The van der Waals surface area contributed by atoms with Gasteiger partial charge in [0.2, 0.25) is 0 Å². The first kappa shape index (κ1) is 14.3. The van der Waals surface area contributed by atoms with E-state index in [9.17, 15) is 0 Å². The summed E-state index contributed by atoms with van der Waals surface area (Å²) in [7, 11) is 0. The third-order valence-corrected chi connectivity index (χ3v) is 4.00. The molecule has 2 aromatic rings. The lowest BCUT2D eigenvalue weighted by Gasteiger charge is -2.17. The summed E-state index contributed by atoms with van der Waals surface area (Å²) < 4.78 is 5.66. The Balaban J connectivity index is 2.18. The van der Waals surface area contributed by atoms with Crippen LogP contribution >= 0.6 is 11.3 Å². The number of furan rings is 1. The summed E-state index contributed by atoms with van der Waals surface area (Å²) >= 11 is 1.71. The minimum atomic E-state index is 0.291. The molecule has 0 saturated heterocycles. The van der Waals surface area contributed by atoms with Gasteiger partial charge in [0.05, 0.1) is 10.7 Å². The van der Waals surface area contributed by atoms with Crippen molar-refractivity contribution in [3.8, 4) is 0 Å². The Kier molecular flexibility index (Phi) is 4.77. The summed E-state index contributed by atoms with van der Waals surface area (Å²) in [6.07, 6.45) is 2.05. The van der Waals surface area contributed by atoms with Crippen molar-refractivity contribution in [2.24, 2.45) is 0 Å². The first-order chi connectivity index (χ1) is 9.10. The Morgan fingerprint density at radius 3 is 2.68 bits per heavy atom. The van der Waals surface area contributed by atoms with E-state index in [0.717, 1.165) is 41.6 Å². The number of nitrogens with one attached hydrogen (secondary N) is 1. The molecule has 0 aliphatic rings. The lowest BCUT2D eigenvalue weighted by atomic mass is 10.0. The van der Waals surface area contributed by atoms with Gasteiger partial charge in [0, 0.05) is 23.4 Å². The van der Waals surface area contributed by atoms with Crippen LogP contribution < -0.4 is 5.32 Å². The highest BCUT2D eigenvalue weighted by atomic mass is 32.1. The molecule has 0 spiro atoms. The maximum Gasteiger partial charge on any atom is 0.105 e. The molecule has 1 atom stereocenters. The van der Waals surface area contributed by atoms with Crippen LogP contribution in [0.3, 0.4) is 0 Å². The average Bonchev–Trinajstić information content (AvgIpc) is 2.91. The highest BCUT2D eigenvalue weighted by Crippen LogP contribution is 2.25. The molecular formula is C15H22N2OS. The van der Waals surface area contributed by atoms with Gasteiger partial charge >= 0.3 is 0 Å². The molecule has 4 heteroatoms. The van der Waals surface area contributed by atoms with Gasteiger partial charge in [-0.2, -0.15) is 0 Å². The van der Waals surface area contributed by atoms with Crippen molar-refractivity contribution in [1.29, 1.82) is 0 Å². The van der Waals surface area contributed by atoms with Crippen molar-refractivity contribution in [2.45, 2.75) is 46.6 Å². The monoisotopic (exact) mass is 278 g/mol. The van der Waals surface area contributed by atoms with Crippen molar-refractivity contribution in [1.82, 2.24) is 10.3 Å². The third-order valence-electron chi connectivity index (χ3n) is 3.18. The molecule has 0 saturated carbocycles. The number of aryl methyl sites for hydroxylation is 3.